The zero-order valence-corrected chi connectivity index (χ0v) is 12.7. The minimum absolute atomic E-state index is 0.00197. The molecule has 1 spiro atoms. The number of benzene rings is 1. The molecule has 24 heavy (non-hydrogen) atoms. The first-order valence-corrected chi connectivity index (χ1v) is 7.61. The van der Waals surface area contributed by atoms with Gasteiger partial charge in [-0.1, -0.05) is 6.07 Å². The fourth-order valence-electron chi connectivity index (χ4n) is 3.42. The summed E-state index contributed by atoms with van der Waals surface area (Å²) in [6, 6.07) is 5.12. The maximum absolute atomic E-state index is 12.8. The zero-order valence-electron chi connectivity index (χ0n) is 12.7. The van der Waals surface area contributed by atoms with E-state index >= 15 is 0 Å². The molecule has 4 rings (SSSR count). The summed E-state index contributed by atoms with van der Waals surface area (Å²) in [5, 5.41) is 9.59. The molecule has 1 unspecified atom stereocenters. The number of fused-ring (bicyclic) bond motifs is 1. The fourth-order valence-corrected chi connectivity index (χ4v) is 3.42. The molecule has 8 heteroatoms. The second-order valence-electron chi connectivity index (χ2n) is 6.26. The Morgan fingerprint density at radius 2 is 2.08 bits per heavy atom. The largest absolute Gasteiger partial charge is 0.296 e. The summed E-state index contributed by atoms with van der Waals surface area (Å²) in [5.41, 5.74) is 0.0625. The summed E-state index contributed by atoms with van der Waals surface area (Å²) in [6.07, 6.45) is 1.94. The number of aromatic nitrogens is 2. The topological polar surface area (TPSA) is 112 Å². The van der Waals surface area contributed by atoms with E-state index in [1.165, 1.54) is 6.20 Å². The fraction of sp³-hybridized carbons (Fsp3) is 0.312. The number of H-pyrrole nitrogens is 1. The van der Waals surface area contributed by atoms with Crippen LogP contribution in [0.4, 0.5) is 0 Å². The Kier molecular flexibility index (Phi) is 3.02. The number of imide groups is 2. The quantitative estimate of drug-likeness (QED) is 0.735. The Labute approximate surface area is 136 Å². The zero-order chi connectivity index (χ0) is 16.9. The minimum atomic E-state index is -0.995. The number of hydrogen-bond acceptors (Lipinski definition) is 5. The molecule has 4 amide bonds. The van der Waals surface area contributed by atoms with Crippen LogP contribution in [0.1, 0.15) is 29.6 Å². The van der Waals surface area contributed by atoms with Crippen molar-refractivity contribution in [2.45, 2.75) is 19.3 Å². The van der Waals surface area contributed by atoms with E-state index in [0.717, 1.165) is 4.90 Å². The number of hydrogen-bond donors (Lipinski definition) is 2. The summed E-state index contributed by atoms with van der Waals surface area (Å²) >= 11 is 0. The van der Waals surface area contributed by atoms with Crippen molar-refractivity contribution in [2.24, 2.45) is 5.41 Å². The maximum atomic E-state index is 12.8. The molecule has 0 bridgehead atoms. The van der Waals surface area contributed by atoms with Crippen LogP contribution in [0.2, 0.25) is 0 Å². The van der Waals surface area contributed by atoms with Gasteiger partial charge < -0.3 is 0 Å². The Bertz CT molecular complexity index is 902. The van der Waals surface area contributed by atoms with Crippen molar-refractivity contribution in [3.05, 3.63) is 30.0 Å². The Morgan fingerprint density at radius 1 is 1.25 bits per heavy atom. The SMILES string of the molecule is O=C1CCC2(CC(=O)N(C(=O)c3cccc4[nH]ncc34)C2)C(=O)N1. The van der Waals surface area contributed by atoms with Gasteiger partial charge in [0, 0.05) is 24.8 Å². The van der Waals surface area contributed by atoms with E-state index in [2.05, 4.69) is 15.5 Å². The van der Waals surface area contributed by atoms with Crippen molar-refractivity contribution in [3.63, 3.8) is 0 Å². The summed E-state index contributed by atoms with van der Waals surface area (Å²) in [6.45, 7) is -0.00197. The van der Waals surface area contributed by atoms with Crippen molar-refractivity contribution >= 4 is 34.5 Å². The highest BCUT2D eigenvalue weighted by Gasteiger charge is 2.52. The molecule has 122 valence electrons. The monoisotopic (exact) mass is 326 g/mol. The summed E-state index contributed by atoms with van der Waals surface area (Å²) in [5.74, 6) is -1.66. The van der Waals surface area contributed by atoms with E-state index in [-0.39, 0.29) is 31.7 Å². The lowest BCUT2D eigenvalue weighted by atomic mass is 9.79. The number of piperidine rings is 1. The van der Waals surface area contributed by atoms with Gasteiger partial charge in [-0.3, -0.25) is 34.5 Å². The third-order valence-electron chi connectivity index (χ3n) is 4.78. The third-order valence-corrected chi connectivity index (χ3v) is 4.78. The number of nitrogens with one attached hydrogen (secondary N) is 2. The second-order valence-corrected chi connectivity index (χ2v) is 6.26. The van der Waals surface area contributed by atoms with Gasteiger partial charge >= 0.3 is 0 Å². The number of carbonyl (C=O) groups excluding carboxylic acids is 4. The highest BCUT2D eigenvalue weighted by atomic mass is 16.2. The maximum Gasteiger partial charge on any atom is 0.261 e. The predicted octanol–water partition coefficient (Wildman–Crippen LogP) is 0.358. The molecule has 0 aliphatic carbocycles. The lowest BCUT2D eigenvalue weighted by Crippen LogP contribution is -2.50. The van der Waals surface area contributed by atoms with Gasteiger partial charge in [0.05, 0.1) is 22.7 Å². The molecule has 0 saturated carbocycles. The number of nitrogens with zero attached hydrogens (tertiary/aromatic N) is 2. The lowest BCUT2D eigenvalue weighted by molar-refractivity contribution is -0.142. The smallest absolute Gasteiger partial charge is 0.261 e. The van der Waals surface area contributed by atoms with Crippen LogP contribution in [0.5, 0.6) is 0 Å². The third kappa shape index (κ3) is 2.03. The van der Waals surface area contributed by atoms with Crippen LogP contribution in [0.25, 0.3) is 10.9 Å². The van der Waals surface area contributed by atoms with Gasteiger partial charge in [0.1, 0.15) is 0 Å². The van der Waals surface area contributed by atoms with Gasteiger partial charge in [-0.15, -0.1) is 0 Å². The van der Waals surface area contributed by atoms with E-state index in [4.69, 9.17) is 0 Å². The van der Waals surface area contributed by atoms with Crippen molar-refractivity contribution in [2.75, 3.05) is 6.54 Å². The highest BCUT2D eigenvalue weighted by molar-refractivity contribution is 6.14. The molecule has 2 aliphatic rings. The first-order valence-electron chi connectivity index (χ1n) is 7.61. The Balaban J connectivity index is 1.66. The summed E-state index contributed by atoms with van der Waals surface area (Å²) < 4.78 is 0. The molecule has 2 aliphatic heterocycles. The average Bonchev–Trinajstić information content (AvgIpc) is 3.16. The molecule has 1 aromatic carbocycles. The van der Waals surface area contributed by atoms with E-state index < -0.39 is 23.1 Å². The Morgan fingerprint density at radius 3 is 2.88 bits per heavy atom. The second kappa shape index (κ2) is 4.98. The average molecular weight is 326 g/mol. The van der Waals surface area contributed by atoms with Crippen LogP contribution in [0.15, 0.2) is 24.4 Å². The molecule has 0 radical (unpaired) electrons. The molecular formula is C16H14N4O4. The predicted molar refractivity (Wildman–Crippen MR) is 81.6 cm³/mol. The Hall–Kier alpha value is -3.03. The molecule has 3 heterocycles. The summed E-state index contributed by atoms with van der Waals surface area (Å²) in [7, 11) is 0. The molecule has 2 saturated heterocycles. The molecule has 1 aromatic heterocycles. The molecular weight excluding hydrogens is 312 g/mol. The van der Waals surface area contributed by atoms with Crippen molar-refractivity contribution in [3.8, 4) is 0 Å². The standard InChI is InChI=1S/C16H14N4O4/c21-12-4-5-16(15(24)18-12)6-13(22)20(8-16)14(23)9-2-1-3-11-10(9)7-17-19-11/h1-3,7H,4-6,8H2,(H,17,19)(H,18,21,24). The van der Waals surface area contributed by atoms with Gasteiger partial charge in [0.2, 0.25) is 17.7 Å². The van der Waals surface area contributed by atoms with Gasteiger partial charge in [-0.25, -0.2) is 0 Å². The van der Waals surface area contributed by atoms with Gasteiger partial charge in [0.15, 0.2) is 0 Å². The molecule has 8 nitrogen and oxygen atoms in total. The molecule has 2 fully saturated rings. The normalized spacial score (nSPS) is 24.0. The number of amides is 4. The van der Waals surface area contributed by atoms with Crippen LogP contribution in [0.3, 0.4) is 0 Å². The van der Waals surface area contributed by atoms with Crippen LogP contribution in [-0.2, 0) is 14.4 Å². The number of carbonyl (C=O) groups is 4. The van der Waals surface area contributed by atoms with Gasteiger partial charge in [0.25, 0.3) is 5.91 Å². The van der Waals surface area contributed by atoms with E-state index in [1.54, 1.807) is 18.2 Å². The first kappa shape index (κ1) is 14.6. The molecule has 2 N–H and O–H groups in total. The summed E-state index contributed by atoms with van der Waals surface area (Å²) in [4.78, 5) is 49.9. The number of likely N-dealkylation sites (tertiary alicyclic amines) is 1. The van der Waals surface area contributed by atoms with Gasteiger partial charge in [-0.2, -0.15) is 5.10 Å². The lowest BCUT2D eigenvalue weighted by Gasteiger charge is -2.30. The van der Waals surface area contributed by atoms with E-state index in [0.29, 0.717) is 16.5 Å². The van der Waals surface area contributed by atoms with E-state index in [1.807, 2.05) is 0 Å². The first-order chi connectivity index (χ1) is 11.5. The van der Waals surface area contributed by atoms with Crippen molar-refractivity contribution in [1.82, 2.24) is 20.4 Å². The van der Waals surface area contributed by atoms with Gasteiger partial charge in [-0.05, 0) is 18.6 Å². The minimum Gasteiger partial charge on any atom is -0.296 e. The molecule has 1 atom stereocenters. The van der Waals surface area contributed by atoms with Crippen molar-refractivity contribution in [1.29, 1.82) is 0 Å². The van der Waals surface area contributed by atoms with Crippen LogP contribution < -0.4 is 5.32 Å². The number of aromatic amines is 1. The molecule has 2 aromatic rings. The number of rotatable bonds is 1. The van der Waals surface area contributed by atoms with Crippen LogP contribution in [-0.4, -0.2) is 45.3 Å². The van der Waals surface area contributed by atoms with Crippen molar-refractivity contribution < 1.29 is 19.2 Å². The highest BCUT2D eigenvalue weighted by Crippen LogP contribution is 2.39. The van der Waals surface area contributed by atoms with Crippen LogP contribution >= 0.6 is 0 Å². The van der Waals surface area contributed by atoms with Crippen LogP contribution in [0, 0.1) is 5.41 Å². The van der Waals surface area contributed by atoms with E-state index in [9.17, 15) is 19.2 Å².